The lowest BCUT2D eigenvalue weighted by Gasteiger charge is -2.29. The topological polar surface area (TPSA) is 83.8 Å². The molecule has 1 aliphatic carbocycles. The van der Waals surface area contributed by atoms with Crippen LogP contribution in [0.5, 0.6) is 0 Å². The third kappa shape index (κ3) is 2.05. The third-order valence-electron chi connectivity index (χ3n) is 3.13. The van der Waals surface area contributed by atoms with E-state index in [0.717, 1.165) is 25.7 Å². The maximum atomic E-state index is 11.3. The summed E-state index contributed by atoms with van der Waals surface area (Å²) < 4.78 is 0. The molecular formula is C10H15ClN4O. The van der Waals surface area contributed by atoms with E-state index in [1.807, 2.05) is 0 Å². The standard InChI is InChI=1S/C10H15ClN4O/c11-7-8(13-6-14-9(7)16)15-10(5-12)3-1-2-4-10/h6H,1-5,12H2,(H2,13,14,15,16). The van der Waals surface area contributed by atoms with Crippen LogP contribution in [0.3, 0.4) is 0 Å². The van der Waals surface area contributed by atoms with Gasteiger partial charge in [0.1, 0.15) is 5.02 Å². The SMILES string of the molecule is NCC1(Nc2nc[nH]c(=O)c2Cl)CCCC1. The Morgan fingerprint density at radius 3 is 2.88 bits per heavy atom. The molecule has 0 radical (unpaired) electrons. The summed E-state index contributed by atoms with van der Waals surface area (Å²) in [5, 5.41) is 3.32. The van der Waals surface area contributed by atoms with E-state index in [2.05, 4.69) is 15.3 Å². The molecule has 0 atom stereocenters. The zero-order valence-corrected chi connectivity index (χ0v) is 9.68. The lowest BCUT2D eigenvalue weighted by Crippen LogP contribution is -2.43. The highest BCUT2D eigenvalue weighted by Gasteiger charge is 2.33. The van der Waals surface area contributed by atoms with Crippen molar-refractivity contribution in [1.29, 1.82) is 0 Å². The largest absolute Gasteiger partial charge is 0.362 e. The van der Waals surface area contributed by atoms with Crippen LogP contribution < -0.4 is 16.6 Å². The maximum absolute atomic E-state index is 11.3. The molecule has 1 aromatic rings. The summed E-state index contributed by atoms with van der Waals surface area (Å²) in [5.41, 5.74) is 5.31. The van der Waals surface area contributed by atoms with Gasteiger partial charge in [-0.15, -0.1) is 0 Å². The van der Waals surface area contributed by atoms with Crippen LogP contribution in [0, 0.1) is 0 Å². The first kappa shape index (κ1) is 11.4. The van der Waals surface area contributed by atoms with Gasteiger partial charge in [-0.05, 0) is 12.8 Å². The van der Waals surface area contributed by atoms with Crippen molar-refractivity contribution in [2.75, 3.05) is 11.9 Å². The molecule has 0 amide bonds. The first-order valence-corrected chi connectivity index (χ1v) is 5.76. The van der Waals surface area contributed by atoms with Crippen molar-refractivity contribution in [3.8, 4) is 0 Å². The fourth-order valence-corrected chi connectivity index (χ4v) is 2.30. The zero-order valence-electron chi connectivity index (χ0n) is 8.92. The van der Waals surface area contributed by atoms with E-state index in [1.54, 1.807) is 0 Å². The van der Waals surface area contributed by atoms with Gasteiger partial charge in [-0.1, -0.05) is 24.4 Å². The van der Waals surface area contributed by atoms with Gasteiger partial charge in [0.2, 0.25) is 0 Å². The van der Waals surface area contributed by atoms with E-state index in [4.69, 9.17) is 17.3 Å². The van der Waals surface area contributed by atoms with Gasteiger partial charge in [0.25, 0.3) is 5.56 Å². The zero-order chi connectivity index (χ0) is 11.6. The highest BCUT2D eigenvalue weighted by Crippen LogP contribution is 2.32. The number of nitrogens with zero attached hydrogens (tertiary/aromatic N) is 1. The number of hydrogen-bond acceptors (Lipinski definition) is 4. The summed E-state index contributed by atoms with van der Waals surface area (Å²) in [5.74, 6) is 0.428. The Morgan fingerprint density at radius 2 is 2.25 bits per heavy atom. The molecule has 6 heteroatoms. The number of halogens is 1. The Hall–Kier alpha value is -1.07. The van der Waals surface area contributed by atoms with Gasteiger partial charge in [0.05, 0.1) is 11.9 Å². The number of aromatic nitrogens is 2. The molecule has 4 N–H and O–H groups in total. The number of anilines is 1. The molecule has 5 nitrogen and oxygen atoms in total. The summed E-state index contributed by atoms with van der Waals surface area (Å²) >= 11 is 5.88. The van der Waals surface area contributed by atoms with Crippen molar-refractivity contribution in [3.63, 3.8) is 0 Å². The van der Waals surface area contributed by atoms with Crippen LogP contribution in [0.15, 0.2) is 11.1 Å². The lowest BCUT2D eigenvalue weighted by atomic mass is 9.98. The molecule has 1 fully saturated rings. The first-order chi connectivity index (χ1) is 7.67. The second-order valence-electron chi connectivity index (χ2n) is 4.21. The summed E-state index contributed by atoms with van der Waals surface area (Å²) in [7, 11) is 0. The number of rotatable bonds is 3. The minimum Gasteiger partial charge on any atom is -0.362 e. The molecule has 0 bridgehead atoms. The van der Waals surface area contributed by atoms with Gasteiger partial charge < -0.3 is 16.0 Å². The van der Waals surface area contributed by atoms with Gasteiger partial charge in [-0.25, -0.2) is 4.98 Å². The fraction of sp³-hybridized carbons (Fsp3) is 0.600. The Bertz CT molecular complexity index is 425. The van der Waals surface area contributed by atoms with Crippen molar-refractivity contribution < 1.29 is 0 Å². The molecule has 0 aromatic carbocycles. The van der Waals surface area contributed by atoms with Crippen LogP contribution in [0.25, 0.3) is 0 Å². The average Bonchev–Trinajstić information content (AvgIpc) is 2.74. The molecule has 0 spiro atoms. The summed E-state index contributed by atoms with van der Waals surface area (Å²) in [6.07, 6.45) is 5.62. The Labute approximate surface area is 98.4 Å². The highest BCUT2D eigenvalue weighted by molar-refractivity contribution is 6.32. The fourth-order valence-electron chi connectivity index (χ4n) is 2.15. The number of nitrogens with two attached hydrogens (primary N) is 1. The quantitative estimate of drug-likeness (QED) is 0.741. The van der Waals surface area contributed by atoms with Crippen LogP contribution in [-0.4, -0.2) is 22.1 Å². The van der Waals surface area contributed by atoms with Gasteiger partial charge in [-0.3, -0.25) is 4.79 Å². The van der Waals surface area contributed by atoms with Crippen molar-refractivity contribution in [1.82, 2.24) is 9.97 Å². The third-order valence-corrected chi connectivity index (χ3v) is 3.48. The van der Waals surface area contributed by atoms with Crippen molar-refractivity contribution in [2.45, 2.75) is 31.2 Å². The van der Waals surface area contributed by atoms with E-state index in [9.17, 15) is 4.79 Å². The molecule has 0 aliphatic heterocycles. The minimum atomic E-state index is -0.329. The second-order valence-corrected chi connectivity index (χ2v) is 4.59. The lowest BCUT2D eigenvalue weighted by molar-refractivity contribution is 0.491. The average molecular weight is 243 g/mol. The predicted octanol–water partition coefficient (Wildman–Crippen LogP) is 1.11. The molecule has 16 heavy (non-hydrogen) atoms. The smallest absolute Gasteiger partial charge is 0.271 e. The molecule has 0 saturated heterocycles. The number of H-pyrrole nitrogens is 1. The van der Waals surface area contributed by atoms with Gasteiger partial charge in [0, 0.05) is 6.54 Å². The monoisotopic (exact) mass is 242 g/mol. The van der Waals surface area contributed by atoms with Crippen LogP contribution in [0.1, 0.15) is 25.7 Å². The molecule has 1 saturated carbocycles. The molecule has 1 aromatic heterocycles. The number of aromatic amines is 1. The molecule has 1 aliphatic rings. The van der Waals surface area contributed by atoms with Gasteiger partial charge in [-0.2, -0.15) is 0 Å². The van der Waals surface area contributed by atoms with Gasteiger partial charge >= 0.3 is 0 Å². The van der Waals surface area contributed by atoms with Crippen LogP contribution in [0.2, 0.25) is 5.02 Å². The molecule has 0 unspecified atom stereocenters. The molecule has 1 heterocycles. The first-order valence-electron chi connectivity index (χ1n) is 5.38. The van der Waals surface area contributed by atoms with Crippen LogP contribution >= 0.6 is 11.6 Å². The summed E-state index contributed by atoms with van der Waals surface area (Å²) in [4.78, 5) is 17.8. The summed E-state index contributed by atoms with van der Waals surface area (Å²) in [6.45, 7) is 0.526. The Morgan fingerprint density at radius 1 is 1.56 bits per heavy atom. The number of nitrogens with one attached hydrogen (secondary N) is 2. The van der Waals surface area contributed by atoms with E-state index in [1.165, 1.54) is 6.33 Å². The van der Waals surface area contributed by atoms with E-state index in [0.29, 0.717) is 12.4 Å². The maximum Gasteiger partial charge on any atom is 0.271 e. The number of hydrogen-bond donors (Lipinski definition) is 3. The van der Waals surface area contributed by atoms with Crippen molar-refractivity contribution in [2.24, 2.45) is 5.73 Å². The minimum absolute atomic E-state index is 0.0993. The second kappa shape index (κ2) is 4.43. The van der Waals surface area contributed by atoms with E-state index < -0.39 is 0 Å². The highest BCUT2D eigenvalue weighted by atomic mass is 35.5. The van der Waals surface area contributed by atoms with Crippen LogP contribution in [0.4, 0.5) is 5.82 Å². The van der Waals surface area contributed by atoms with Gasteiger partial charge in [0.15, 0.2) is 5.82 Å². The summed E-state index contributed by atoms with van der Waals surface area (Å²) in [6, 6.07) is 0. The van der Waals surface area contributed by atoms with Crippen molar-refractivity contribution in [3.05, 3.63) is 21.7 Å². The van der Waals surface area contributed by atoms with Crippen LogP contribution in [-0.2, 0) is 0 Å². The van der Waals surface area contributed by atoms with E-state index in [-0.39, 0.29) is 16.1 Å². The molecule has 2 rings (SSSR count). The van der Waals surface area contributed by atoms with Crippen molar-refractivity contribution >= 4 is 17.4 Å². The molecule has 88 valence electrons. The predicted molar refractivity (Wildman–Crippen MR) is 63.7 cm³/mol. The normalized spacial score (nSPS) is 18.6. The Balaban J connectivity index is 2.26. The molecular weight excluding hydrogens is 228 g/mol. The van der Waals surface area contributed by atoms with E-state index >= 15 is 0 Å². The Kier molecular flexibility index (Phi) is 3.16.